The van der Waals surface area contributed by atoms with E-state index in [0.29, 0.717) is 6.54 Å². The SMILES string of the molecule is Cc1cc(CNC(=O)NC(C)(C)C(C)(C)C(=O)O)sc1C. The highest BCUT2D eigenvalue weighted by molar-refractivity contribution is 7.12. The molecule has 0 aliphatic rings. The highest BCUT2D eigenvalue weighted by Crippen LogP contribution is 2.30. The molecule has 1 heterocycles. The summed E-state index contributed by atoms with van der Waals surface area (Å²) in [6, 6.07) is 1.69. The van der Waals surface area contributed by atoms with Crippen molar-refractivity contribution in [3.8, 4) is 0 Å². The van der Waals surface area contributed by atoms with Crippen molar-refractivity contribution in [2.75, 3.05) is 0 Å². The summed E-state index contributed by atoms with van der Waals surface area (Å²) in [6.07, 6.45) is 0. The zero-order valence-corrected chi connectivity index (χ0v) is 14.3. The van der Waals surface area contributed by atoms with Gasteiger partial charge in [-0.15, -0.1) is 11.3 Å². The molecule has 0 atom stereocenters. The number of rotatable bonds is 5. The molecule has 0 aliphatic heterocycles. The Hall–Kier alpha value is -1.56. The zero-order chi connectivity index (χ0) is 16.4. The lowest BCUT2D eigenvalue weighted by Crippen LogP contribution is -2.58. The summed E-state index contributed by atoms with van der Waals surface area (Å²) in [6.45, 7) is 11.1. The van der Waals surface area contributed by atoms with Gasteiger partial charge < -0.3 is 15.7 Å². The summed E-state index contributed by atoms with van der Waals surface area (Å²) < 4.78 is 0. The number of carboxylic acids is 1. The van der Waals surface area contributed by atoms with Gasteiger partial charge in [-0.3, -0.25) is 4.79 Å². The van der Waals surface area contributed by atoms with Gasteiger partial charge in [0.15, 0.2) is 0 Å². The lowest BCUT2D eigenvalue weighted by molar-refractivity contribution is -0.150. The third-order valence-corrected chi connectivity index (χ3v) is 5.32. The monoisotopic (exact) mass is 312 g/mol. The lowest BCUT2D eigenvalue weighted by atomic mass is 9.74. The number of urea groups is 1. The molecule has 5 nitrogen and oxygen atoms in total. The zero-order valence-electron chi connectivity index (χ0n) is 13.5. The number of nitrogens with one attached hydrogen (secondary N) is 2. The van der Waals surface area contributed by atoms with Crippen LogP contribution in [0.1, 0.15) is 43.0 Å². The van der Waals surface area contributed by atoms with Crippen molar-refractivity contribution < 1.29 is 14.7 Å². The molecular weight excluding hydrogens is 288 g/mol. The highest BCUT2D eigenvalue weighted by Gasteiger charge is 2.44. The Kier molecular flexibility index (Phi) is 5.04. The van der Waals surface area contributed by atoms with Crippen molar-refractivity contribution in [2.24, 2.45) is 5.41 Å². The molecule has 0 aliphatic carbocycles. The van der Waals surface area contributed by atoms with E-state index >= 15 is 0 Å². The molecule has 6 heteroatoms. The summed E-state index contributed by atoms with van der Waals surface area (Å²) >= 11 is 1.65. The van der Waals surface area contributed by atoms with Gasteiger partial charge in [0.05, 0.1) is 17.5 Å². The topological polar surface area (TPSA) is 78.4 Å². The van der Waals surface area contributed by atoms with E-state index in [9.17, 15) is 14.7 Å². The smallest absolute Gasteiger partial charge is 0.315 e. The van der Waals surface area contributed by atoms with Crippen LogP contribution < -0.4 is 10.6 Å². The average Bonchev–Trinajstić information content (AvgIpc) is 2.65. The van der Waals surface area contributed by atoms with E-state index in [1.54, 1.807) is 39.0 Å². The number of thiophene rings is 1. The molecule has 0 fully saturated rings. The van der Waals surface area contributed by atoms with Crippen molar-refractivity contribution in [3.63, 3.8) is 0 Å². The largest absolute Gasteiger partial charge is 0.481 e. The van der Waals surface area contributed by atoms with E-state index in [2.05, 4.69) is 10.6 Å². The molecule has 0 saturated heterocycles. The molecule has 3 N–H and O–H groups in total. The molecule has 0 aromatic carbocycles. The molecule has 0 saturated carbocycles. The Bertz CT molecular complexity index is 528. The van der Waals surface area contributed by atoms with Crippen LogP contribution in [-0.4, -0.2) is 22.6 Å². The Morgan fingerprint density at radius 2 is 1.81 bits per heavy atom. The van der Waals surface area contributed by atoms with Gasteiger partial charge in [-0.2, -0.15) is 0 Å². The summed E-state index contributed by atoms with van der Waals surface area (Å²) in [7, 11) is 0. The van der Waals surface area contributed by atoms with E-state index < -0.39 is 16.9 Å². The quantitative estimate of drug-likeness (QED) is 0.782. The van der Waals surface area contributed by atoms with Gasteiger partial charge in [0.25, 0.3) is 0 Å². The number of carboxylic acid groups (broad SMARTS) is 1. The highest BCUT2D eigenvalue weighted by atomic mass is 32.1. The second-order valence-electron chi connectivity index (χ2n) is 6.31. The minimum absolute atomic E-state index is 0.363. The minimum atomic E-state index is -1.07. The molecule has 1 rings (SSSR count). The first-order valence-electron chi connectivity index (χ1n) is 6.82. The van der Waals surface area contributed by atoms with Crippen molar-refractivity contribution in [3.05, 3.63) is 21.4 Å². The molecule has 0 unspecified atom stereocenters. The summed E-state index contributed by atoms with van der Waals surface area (Å²) in [4.78, 5) is 25.6. The number of aryl methyl sites for hydroxylation is 2. The van der Waals surface area contributed by atoms with Crippen LogP contribution in [0.5, 0.6) is 0 Å². The van der Waals surface area contributed by atoms with E-state index in [1.165, 1.54) is 10.4 Å². The number of hydrogen-bond donors (Lipinski definition) is 3. The average molecular weight is 312 g/mol. The fourth-order valence-electron chi connectivity index (χ4n) is 1.66. The summed E-state index contributed by atoms with van der Waals surface area (Å²) in [5.74, 6) is -0.947. The van der Waals surface area contributed by atoms with Gasteiger partial charge in [0, 0.05) is 9.75 Å². The Labute approximate surface area is 129 Å². The van der Waals surface area contributed by atoms with Crippen molar-refractivity contribution in [1.82, 2.24) is 10.6 Å². The van der Waals surface area contributed by atoms with Crippen LogP contribution in [-0.2, 0) is 11.3 Å². The summed E-state index contributed by atoms with van der Waals surface area (Å²) in [5, 5.41) is 14.8. The maximum atomic E-state index is 12.0. The van der Waals surface area contributed by atoms with Crippen LogP contribution in [0.25, 0.3) is 0 Å². The van der Waals surface area contributed by atoms with Gasteiger partial charge in [0.1, 0.15) is 0 Å². The first-order valence-corrected chi connectivity index (χ1v) is 7.64. The molecule has 21 heavy (non-hydrogen) atoms. The number of carbonyl (C=O) groups excluding carboxylic acids is 1. The Morgan fingerprint density at radius 3 is 2.24 bits per heavy atom. The molecule has 1 aromatic heterocycles. The van der Waals surface area contributed by atoms with Crippen molar-refractivity contribution in [2.45, 2.75) is 53.6 Å². The number of hydrogen-bond acceptors (Lipinski definition) is 3. The fraction of sp³-hybridized carbons (Fsp3) is 0.600. The van der Waals surface area contributed by atoms with Gasteiger partial charge in [-0.25, -0.2) is 4.79 Å². The standard InChI is InChI=1S/C15H24N2O3S/c1-9-7-11(21-10(9)2)8-16-13(20)17-15(5,6)14(3,4)12(18)19/h7H,8H2,1-6H3,(H,18,19)(H2,16,17,20). The van der Waals surface area contributed by atoms with E-state index in [0.717, 1.165) is 4.88 Å². The maximum absolute atomic E-state index is 12.0. The Morgan fingerprint density at radius 1 is 1.24 bits per heavy atom. The maximum Gasteiger partial charge on any atom is 0.315 e. The predicted molar refractivity (Wildman–Crippen MR) is 84.7 cm³/mol. The third-order valence-electron chi connectivity index (χ3n) is 4.16. The number of aliphatic carboxylic acids is 1. The Balaban J connectivity index is 2.63. The second kappa shape index (κ2) is 6.05. The van der Waals surface area contributed by atoms with E-state index in [-0.39, 0.29) is 6.03 Å². The molecular formula is C15H24N2O3S. The van der Waals surface area contributed by atoms with Crippen LogP contribution >= 0.6 is 11.3 Å². The number of amides is 2. The normalized spacial score (nSPS) is 12.1. The van der Waals surface area contributed by atoms with Crippen LogP contribution in [0.4, 0.5) is 4.79 Å². The molecule has 0 bridgehead atoms. The minimum Gasteiger partial charge on any atom is -0.481 e. The van der Waals surface area contributed by atoms with Gasteiger partial charge in [-0.1, -0.05) is 0 Å². The predicted octanol–water partition coefficient (Wildman–Crippen LogP) is 3.05. The van der Waals surface area contributed by atoms with Gasteiger partial charge in [-0.05, 0) is 53.2 Å². The van der Waals surface area contributed by atoms with Gasteiger partial charge >= 0.3 is 12.0 Å². The van der Waals surface area contributed by atoms with Gasteiger partial charge in [0.2, 0.25) is 0 Å². The first kappa shape index (κ1) is 17.5. The summed E-state index contributed by atoms with van der Waals surface area (Å²) in [5.41, 5.74) is -0.727. The van der Waals surface area contributed by atoms with Crippen molar-refractivity contribution >= 4 is 23.3 Å². The van der Waals surface area contributed by atoms with Crippen LogP contribution in [0.2, 0.25) is 0 Å². The molecule has 118 valence electrons. The fourth-order valence-corrected chi connectivity index (χ4v) is 2.65. The lowest BCUT2D eigenvalue weighted by Gasteiger charge is -2.38. The number of carbonyl (C=O) groups is 2. The molecule has 1 aromatic rings. The molecule has 0 spiro atoms. The van der Waals surface area contributed by atoms with E-state index in [4.69, 9.17) is 0 Å². The molecule has 0 radical (unpaired) electrons. The first-order chi connectivity index (χ1) is 9.47. The van der Waals surface area contributed by atoms with Crippen LogP contribution in [0.3, 0.4) is 0 Å². The van der Waals surface area contributed by atoms with Crippen LogP contribution in [0.15, 0.2) is 6.07 Å². The molecule has 2 amide bonds. The second-order valence-corrected chi connectivity index (χ2v) is 7.66. The van der Waals surface area contributed by atoms with Crippen LogP contribution in [0, 0.1) is 19.3 Å². The van der Waals surface area contributed by atoms with Crippen molar-refractivity contribution in [1.29, 1.82) is 0 Å². The van der Waals surface area contributed by atoms with E-state index in [1.807, 2.05) is 19.9 Å². The third kappa shape index (κ3) is 3.97.